The smallest absolute Gasteiger partial charge is 0.460 e. The molecule has 0 saturated heterocycles. The molecule has 0 aromatic carbocycles. The van der Waals surface area contributed by atoms with Gasteiger partial charge in [0.15, 0.2) is 5.92 Å². The molecular formula is C12H7F15O4. The summed E-state index contributed by atoms with van der Waals surface area (Å²) in [7, 11) is 0. The Balaban J connectivity index is 6.31. The molecule has 0 fully saturated rings. The first kappa shape index (κ1) is 28.9. The Bertz CT molecular complexity index is 683. The number of hydrogen-bond donors (Lipinski definition) is 2. The van der Waals surface area contributed by atoms with Gasteiger partial charge in [-0.2, -0.15) is 65.9 Å². The topological polar surface area (TPSA) is 74.6 Å². The van der Waals surface area contributed by atoms with Gasteiger partial charge in [-0.3, -0.25) is 9.59 Å². The summed E-state index contributed by atoms with van der Waals surface area (Å²) >= 11 is 0. The van der Waals surface area contributed by atoms with Crippen molar-refractivity contribution in [1.82, 2.24) is 0 Å². The van der Waals surface area contributed by atoms with Crippen LogP contribution in [0.4, 0.5) is 65.9 Å². The van der Waals surface area contributed by atoms with Crippen LogP contribution in [-0.2, 0) is 9.59 Å². The van der Waals surface area contributed by atoms with Gasteiger partial charge in [0, 0.05) is 6.42 Å². The van der Waals surface area contributed by atoms with Crippen LogP contribution in [-0.4, -0.2) is 63.9 Å². The first-order valence-electron chi connectivity index (χ1n) is 7.03. The van der Waals surface area contributed by atoms with Crippen LogP contribution in [0.25, 0.3) is 0 Å². The van der Waals surface area contributed by atoms with Crippen molar-refractivity contribution in [3.8, 4) is 0 Å². The van der Waals surface area contributed by atoms with Crippen molar-refractivity contribution in [1.29, 1.82) is 0 Å². The summed E-state index contributed by atoms with van der Waals surface area (Å²) in [5.41, 5.74) is 0. The third-order valence-corrected chi connectivity index (χ3v) is 3.74. The molecule has 0 unspecified atom stereocenters. The Labute approximate surface area is 159 Å². The van der Waals surface area contributed by atoms with E-state index in [-0.39, 0.29) is 0 Å². The molecule has 4 nitrogen and oxygen atoms in total. The summed E-state index contributed by atoms with van der Waals surface area (Å²) in [4.78, 5) is 20.9. The van der Waals surface area contributed by atoms with E-state index in [1.807, 2.05) is 0 Å². The zero-order valence-electron chi connectivity index (χ0n) is 13.9. The quantitative estimate of drug-likeness (QED) is 0.330. The van der Waals surface area contributed by atoms with Crippen molar-refractivity contribution in [3.63, 3.8) is 0 Å². The molecule has 0 amide bonds. The summed E-state index contributed by atoms with van der Waals surface area (Å²) < 4.78 is 194. The van der Waals surface area contributed by atoms with Crippen LogP contribution in [0.5, 0.6) is 0 Å². The second-order valence-electron chi connectivity index (χ2n) is 5.84. The average Bonchev–Trinajstić information content (AvgIpc) is 2.51. The highest BCUT2D eigenvalue weighted by atomic mass is 19.4. The van der Waals surface area contributed by atoms with E-state index in [4.69, 9.17) is 10.2 Å². The molecule has 0 rings (SSSR count). The van der Waals surface area contributed by atoms with E-state index in [2.05, 4.69) is 0 Å². The molecule has 0 aliphatic heterocycles. The molecule has 0 saturated carbocycles. The lowest BCUT2D eigenvalue weighted by Gasteiger charge is -2.41. The molecular weight excluding hydrogens is 493 g/mol. The maximum Gasteiger partial charge on any atom is 0.460 e. The summed E-state index contributed by atoms with van der Waals surface area (Å²) in [5.74, 6) is -55.8. The Morgan fingerprint density at radius 3 is 1.13 bits per heavy atom. The lowest BCUT2D eigenvalue weighted by Crippen LogP contribution is -2.72. The van der Waals surface area contributed by atoms with Crippen LogP contribution in [0.15, 0.2) is 0 Å². The number of rotatable bonds is 10. The van der Waals surface area contributed by atoms with Crippen LogP contribution >= 0.6 is 0 Å². The summed E-state index contributed by atoms with van der Waals surface area (Å²) in [5, 5.41) is 16.7. The molecule has 2 N–H and O–H groups in total. The van der Waals surface area contributed by atoms with Gasteiger partial charge in [-0.05, 0) is 6.42 Å². The monoisotopic (exact) mass is 500 g/mol. The van der Waals surface area contributed by atoms with E-state index >= 15 is 0 Å². The van der Waals surface area contributed by atoms with Gasteiger partial charge >= 0.3 is 53.7 Å². The van der Waals surface area contributed by atoms with Crippen molar-refractivity contribution in [2.24, 2.45) is 5.92 Å². The fourth-order valence-electron chi connectivity index (χ4n) is 1.83. The second-order valence-corrected chi connectivity index (χ2v) is 5.84. The Kier molecular flexibility index (Phi) is 7.26. The highest BCUT2D eigenvalue weighted by Crippen LogP contribution is 2.62. The molecule has 0 heterocycles. The molecule has 0 spiro atoms. The Morgan fingerprint density at radius 2 is 0.839 bits per heavy atom. The van der Waals surface area contributed by atoms with E-state index < -0.39 is 72.4 Å². The van der Waals surface area contributed by atoms with Gasteiger partial charge in [0.05, 0.1) is 0 Å². The van der Waals surface area contributed by atoms with E-state index in [1.165, 1.54) is 0 Å². The summed E-state index contributed by atoms with van der Waals surface area (Å²) in [6.45, 7) is 0. The van der Waals surface area contributed by atoms with E-state index in [9.17, 15) is 75.4 Å². The molecule has 0 bridgehead atoms. The fraction of sp³-hybridized carbons (Fsp3) is 0.833. The highest BCUT2D eigenvalue weighted by Gasteiger charge is 2.93. The third-order valence-electron chi connectivity index (χ3n) is 3.74. The molecule has 0 atom stereocenters. The maximum atomic E-state index is 13.4. The van der Waals surface area contributed by atoms with Gasteiger partial charge in [0.1, 0.15) is 0 Å². The van der Waals surface area contributed by atoms with Crippen LogP contribution in [0.1, 0.15) is 12.8 Å². The second kappa shape index (κ2) is 7.79. The first-order chi connectivity index (χ1) is 13.2. The van der Waals surface area contributed by atoms with Crippen LogP contribution in [0.2, 0.25) is 0 Å². The van der Waals surface area contributed by atoms with Crippen molar-refractivity contribution in [2.75, 3.05) is 0 Å². The van der Waals surface area contributed by atoms with Gasteiger partial charge < -0.3 is 10.2 Å². The normalized spacial score (nSPS) is 15.4. The number of aliphatic carboxylic acids is 2. The maximum absolute atomic E-state index is 13.4. The van der Waals surface area contributed by atoms with E-state index in [0.29, 0.717) is 0 Å². The number of halogens is 15. The third kappa shape index (κ3) is 4.31. The van der Waals surface area contributed by atoms with Gasteiger partial charge in [0.2, 0.25) is 0 Å². The minimum atomic E-state index is -8.45. The van der Waals surface area contributed by atoms with Gasteiger partial charge in [-0.15, -0.1) is 0 Å². The number of carbonyl (C=O) groups is 2. The van der Waals surface area contributed by atoms with Crippen LogP contribution in [0.3, 0.4) is 0 Å². The standard InChI is InChI=1S/C12H7F15O4/c13-6(14,2-1-3(4(28)29)5(30)31)7(15,16)8(17,18)9(19,20)10(21,22)11(23,24)12(25,26)27/h3H,1-2H2,(H,28,29)(H,30,31). The molecule has 0 radical (unpaired) electrons. The van der Waals surface area contributed by atoms with Crippen molar-refractivity contribution >= 4 is 11.9 Å². The molecule has 0 aromatic rings. The van der Waals surface area contributed by atoms with Gasteiger partial charge in [-0.25, -0.2) is 0 Å². The predicted molar refractivity (Wildman–Crippen MR) is 63.7 cm³/mol. The zero-order chi connectivity index (χ0) is 25.6. The molecule has 184 valence electrons. The molecule has 0 aliphatic carbocycles. The fourth-order valence-corrected chi connectivity index (χ4v) is 1.83. The highest BCUT2D eigenvalue weighted by molar-refractivity contribution is 5.92. The number of hydrogen-bond acceptors (Lipinski definition) is 2. The van der Waals surface area contributed by atoms with Crippen LogP contribution < -0.4 is 0 Å². The van der Waals surface area contributed by atoms with E-state index in [0.717, 1.165) is 0 Å². The summed E-state index contributed by atoms with van der Waals surface area (Å²) in [6.07, 6.45) is -12.9. The van der Waals surface area contributed by atoms with Crippen molar-refractivity contribution in [3.05, 3.63) is 0 Å². The van der Waals surface area contributed by atoms with Gasteiger partial charge in [-0.1, -0.05) is 0 Å². The zero-order valence-corrected chi connectivity index (χ0v) is 13.9. The Morgan fingerprint density at radius 1 is 0.548 bits per heavy atom. The lowest BCUT2D eigenvalue weighted by molar-refractivity contribution is -0.452. The molecule has 0 aromatic heterocycles. The largest absolute Gasteiger partial charge is 0.481 e. The SMILES string of the molecule is O=C(O)C(CCC(F)(F)C(F)(F)C(F)(F)C(F)(F)C(F)(F)C(F)(F)C(F)(F)F)C(=O)O. The molecule has 0 aliphatic rings. The van der Waals surface area contributed by atoms with Crippen molar-refractivity contribution in [2.45, 2.75) is 54.6 Å². The van der Waals surface area contributed by atoms with Crippen LogP contribution in [0, 0.1) is 5.92 Å². The molecule has 31 heavy (non-hydrogen) atoms. The number of alkyl halides is 15. The minimum absolute atomic E-state index is 2.19. The first-order valence-corrected chi connectivity index (χ1v) is 7.03. The predicted octanol–water partition coefficient (Wildman–Crippen LogP) is 4.93. The molecule has 19 heteroatoms. The lowest BCUT2D eigenvalue weighted by atomic mass is 9.88. The summed E-state index contributed by atoms with van der Waals surface area (Å²) in [6, 6.07) is 0. The van der Waals surface area contributed by atoms with E-state index in [1.54, 1.807) is 0 Å². The number of carboxylic acids is 2. The average molecular weight is 500 g/mol. The number of carboxylic acid groups (broad SMARTS) is 2. The van der Waals surface area contributed by atoms with Gasteiger partial charge in [0.25, 0.3) is 0 Å². The minimum Gasteiger partial charge on any atom is -0.481 e. The Hall–Kier alpha value is -2.11. The van der Waals surface area contributed by atoms with Crippen molar-refractivity contribution < 1.29 is 85.7 Å².